The van der Waals surface area contributed by atoms with Gasteiger partial charge in [0, 0.05) is 0 Å². The highest BCUT2D eigenvalue weighted by molar-refractivity contribution is 5.87. The van der Waals surface area contributed by atoms with E-state index in [1.807, 2.05) is 19.1 Å². The van der Waals surface area contributed by atoms with Crippen LogP contribution in [-0.2, 0) is 4.74 Å². The van der Waals surface area contributed by atoms with Gasteiger partial charge in [0.2, 0.25) is 0 Å². The lowest BCUT2D eigenvalue weighted by atomic mass is 10.2. The van der Waals surface area contributed by atoms with Gasteiger partial charge in [-0.2, -0.15) is 0 Å². The van der Waals surface area contributed by atoms with E-state index in [0.717, 1.165) is 0 Å². The molecular weight excluding hydrogens is 220 g/mol. The first-order chi connectivity index (χ1) is 8.24. The first-order valence-electron chi connectivity index (χ1n) is 5.39. The molecule has 4 nitrogen and oxygen atoms in total. The van der Waals surface area contributed by atoms with Crippen molar-refractivity contribution in [1.29, 1.82) is 0 Å². The summed E-state index contributed by atoms with van der Waals surface area (Å²) in [6.07, 6.45) is 3.82. The maximum absolute atomic E-state index is 10.7. The number of hydrogen-bond donors (Lipinski definition) is 1. The van der Waals surface area contributed by atoms with Crippen molar-refractivity contribution in [3.05, 3.63) is 42.0 Å². The number of carbonyl (C=O) groups is 1. The zero-order valence-corrected chi connectivity index (χ0v) is 9.76. The molecular formula is C13H16O4. The van der Waals surface area contributed by atoms with Gasteiger partial charge < -0.3 is 14.6 Å². The number of rotatable bonds is 7. The summed E-state index contributed by atoms with van der Waals surface area (Å²) in [6.45, 7) is 3.37. The van der Waals surface area contributed by atoms with Gasteiger partial charge in [-0.3, -0.25) is 0 Å². The second-order valence-electron chi connectivity index (χ2n) is 3.33. The Morgan fingerprint density at radius 1 is 1.41 bits per heavy atom. The minimum atomic E-state index is -0.959. The van der Waals surface area contributed by atoms with Crippen LogP contribution in [0.1, 0.15) is 17.3 Å². The molecule has 92 valence electrons. The fraction of sp³-hybridized carbons (Fsp3) is 0.308. The zero-order valence-electron chi connectivity index (χ0n) is 9.76. The van der Waals surface area contributed by atoms with Crippen molar-refractivity contribution < 1.29 is 19.4 Å². The SMILES string of the molecule is CC=CCOCCOc1cccc(C(=O)O)c1. The first kappa shape index (κ1) is 13.3. The summed E-state index contributed by atoms with van der Waals surface area (Å²) in [5.41, 5.74) is 0.220. The Kier molecular flexibility index (Phi) is 5.82. The fourth-order valence-electron chi connectivity index (χ4n) is 1.18. The molecule has 0 aliphatic rings. The Bertz CT molecular complexity index is 385. The molecule has 1 N–H and O–H groups in total. The van der Waals surface area contributed by atoms with Gasteiger partial charge in [0.15, 0.2) is 0 Å². The van der Waals surface area contributed by atoms with Gasteiger partial charge in [-0.15, -0.1) is 0 Å². The molecule has 0 radical (unpaired) electrons. The van der Waals surface area contributed by atoms with Crippen LogP contribution in [-0.4, -0.2) is 30.9 Å². The van der Waals surface area contributed by atoms with Crippen LogP contribution in [0.15, 0.2) is 36.4 Å². The maximum Gasteiger partial charge on any atom is 0.335 e. The largest absolute Gasteiger partial charge is 0.491 e. The molecule has 0 saturated heterocycles. The van der Waals surface area contributed by atoms with E-state index in [1.165, 1.54) is 12.1 Å². The molecule has 0 aliphatic carbocycles. The quantitative estimate of drug-likeness (QED) is 0.583. The lowest BCUT2D eigenvalue weighted by Gasteiger charge is -2.06. The second-order valence-corrected chi connectivity index (χ2v) is 3.33. The lowest BCUT2D eigenvalue weighted by Crippen LogP contribution is -2.07. The molecule has 0 atom stereocenters. The Hall–Kier alpha value is -1.81. The molecule has 0 amide bonds. The summed E-state index contributed by atoms with van der Waals surface area (Å²) in [5.74, 6) is -0.417. The molecule has 0 aromatic heterocycles. The predicted octanol–water partition coefficient (Wildman–Crippen LogP) is 2.36. The summed E-state index contributed by atoms with van der Waals surface area (Å²) < 4.78 is 10.6. The van der Waals surface area contributed by atoms with Gasteiger partial charge in [-0.25, -0.2) is 4.79 Å². The van der Waals surface area contributed by atoms with Crippen LogP contribution in [0, 0.1) is 0 Å². The number of carboxylic acids is 1. The van der Waals surface area contributed by atoms with Crippen LogP contribution in [0.25, 0.3) is 0 Å². The molecule has 0 aliphatic heterocycles. The van der Waals surface area contributed by atoms with Gasteiger partial charge in [-0.05, 0) is 25.1 Å². The molecule has 1 aromatic carbocycles. The minimum absolute atomic E-state index is 0.220. The van der Waals surface area contributed by atoms with Crippen molar-refractivity contribution in [3.63, 3.8) is 0 Å². The highest BCUT2D eigenvalue weighted by atomic mass is 16.5. The van der Waals surface area contributed by atoms with Gasteiger partial charge in [0.25, 0.3) is 0 Å². The van der Waals surface area contributed by atoms with Crippen molar-refractivity contribution in [2.75, 3.05) is 19.8 Å². The van der Waals surface area contributed by atoms with Crippen molar-refractivity contribution in [2.45, 2.75) is 6.92 Å². The Morgan fingerprint density at radius 2 is 2.24 bits per heavy atom. The lowest BCUT2D eigenvalue weighted by molar-refractivity contribution is 0.0696. The Morgan fingerprint density at radius 3 is 2.94 bits per heavy atom. The average molecular weight is 236 g/mol. The van der Waals surface area contributed by atoms with Crippen molar-refractivity contribution in [2.24, 2.45) is 0 Å². The highest BCUT2D eigenvalue weighted by Gasteiger charge is 2.03. The number of ether oxygens (including phenoxy) is 2. The smallest absolute Gasteiger partial charge is 0.335 e. The van der Waals surface area contributed by atoms with E-state index in [4.69, 9.17) is 14.6 Å². The van der Waals surface area contributed by atoms with Crippen LogP contribution in [0.4, 0.5) is 0 Å². The molecule has 17 heavy (non-hydrogen) atoms. The van der Waals surface area contributed by atoms with Crippen LogP contribution in [0.5, 0.6) is 5.75 Å². The number of aromatic carboxylic acids is 1. The summed E-state index contributed by atoms with van der Waals surface area (Å²) in [6, 6.07) is 6.39. The second kappa shape index (κ2) is 7.46. The predicted molar refractivity (Wildman–Crippen MR) is 64.5 cm³/mol. The van der Waals surface area contributed by atoms with E-state index in [0.29, 0.717) is 25.6 Å². The monoisotopic (exact) mass is 236 g/mol. The Labute approximate surface area is 100 Å². The maximum atomic E-state index is 10.7. The van der Waals surface area contributed by atoms with E-state index in [9.17, 15) is 4.79 Å². The van der Waals surface area contributed by atoms with Gasteiger partial charge in [0.05, 0.1) is 18.8 Å². The zero-order chi connectivity index (χ0) is 12.5. The van der Waals surface area contributed by atoms with Crippen LogP contribution < -0.4 is 4.74 Å². The number of allylic oxidation sites excluding steroid dienone is 1. The molecule has 1 rings (SSSR count). The molecule has 0 unspecified atom stereocenters. The summed E-state index contributed by atoms with van der Waals surface area (Å²) in [7, 11) is 0. The van der Waals surface area contributed by atoms with Crippen molar-refractivity contribution in [1.82, 2.24) is 0 Å². The van der Waals surface area contributed by atoms with Crippen molar-refractivity contribution >= 4 is 5.97 Å². The molecule has 0 saturated carbocycles. The highest BCUT2D eigenvalue weighted by Crippen LogP contribution is 2.12. The van der Waals surface area contributed by atoms with E-state index < -0.39 is 5.97 Å². The van der Waals surface area contributed by atoms with Gasteiger partial charge in [-0.1, -0.05) is 18.2 Å². The molecule has 0 heterocycles. The standard InChI is InChI=1S/C13H16O4/c1-2-3-7-16-8-9-17-12-6-4-5-11(10-12)13(14)15/h2-6,10H,7-9H2,1H3,(H,14,15). The van der Waals surface area contributed by atoms with E-state index in [2.05, 4.69) is 0 Å². The minimum Gasteiger partial charge on any atom is -0.491 e. The summed E-state index contributed by atoms with van der Waals surface area (Å²) >= 11 is 0. The van der Waals surface area contributed by atoms with E-state index >= 15 is 0 Å². The summed E-state index contributed by atoms with van der Waals surface area (Å²) in [5, 5.41) is 8.79. The van der Waals surface area contributed by atoms with Crippen LogP contribution >= 0.6 is 0 Å². The third-order valence-electron chi connectivity index (χ3n) is 2.03. The number of hydrogen-bond acceptors (Lipinski definition) is 3. The van der Waals surface area contributed by atoms with Gasteiger partial charge in [0.1, 0.15) is 12.4 Å². The molecule has 0 spiro atoms. The third kappa shape index (κ3) is 5.17. The topological polar surface area (TPSA) is 55.8 Å². The van der Waals surface area contributed by atoms with E-state index in [-0.39, 0.29) is 5.56 Å². The summed E-state index contributed by atoms with van der Waals surface area (Å²) in [4.78, 5) is 10.7. The normalized spacial score (nSPS) is 10.6. The fourth-order valence-corrected chi connectivity index (χ4v) is 1.18. The van der Waals surface area contributed by atoms with Gasteiger partial charge >= 0.3 is 5.97 Å². The van der Waals surface area contributed by atoms with E-state index in [1.54, 1.807) is 12.1 Å². The van der Waals surface area contributed by atoms with Crippen molar-refractivity contribution in [3.8, 4) is 5.75 Å². The molecule has 4 heteroatoms. The third-order valence-corrected chi connectivity index (χ3v) is 2.03. The molecule has 0 fully saturated rings. The average Bonchev–Trinajstić information content (AvgIpc) is 2.34. The van der Waals surface area contributed by atoms with Crippen LogP contribution in [0.3, 0.4) is 0 Å². The van der Waals surface area contributed by atoms with Crippen LogP contribution in [0.2, 0.25) is 0 Å². The molecule has 0 bridgehead atoms. The number of carboxylic acid groups (broad SMARTS) is 1. The number of benzene rings is 1. The molecule has 1 aromatic rings. The Balaban J connectivity index is 2.31. The first-order valence-corrected chi connectivity index (χ1v) is 5.39.